The van der Waals surface area contributed by atoms with Crippen LogP contribution >= 0.6 is 11.6 Å². The van der Waals surface area contributed by atoms with Gasteiger partial charge in [0.25, 0.3) is 0 Å². The van der Waals surface area contributed by atoms with Crippen molar-refractivity contribution in [3.8, 4) is 17.0 Å². The summed E-state index contributed by atoms with van der Waals surface area (Å²) < 4.78 is 5.08. The first-order chi connectivity index (χ1) is 8.24. The number of nitrogens with one attached hydrogen (secondary N) is 1. The van der Waals surface area contributed by atoms with E-state index in [0.29, 0.717) is 16.7 Å². The van der Waals surface area contributed by atoms with Gasteiger partial charge in [0.1, 0.15) is 5.75 Å². The molecule has 17 heavy (non-hydrogen) atoms. The number of nitrogens with two attached hydrogens (primary N) is 1. The highest BCUT2D eigenvalue weighted by Gasteiger charge is 2.05. The molecule has 5 nitrogen and oxygen atoms in total. The molecule has 0 radical (unpaired) electrons. The number of nitrogens with zero attached hydrogens (tertiary/aromatic N) is 2. The maximum absolute atomic E-state index is 6.04. The Kier molecular flexibility index (Phi) is 3.41. The Bertz CT molecular complexity index is 533. The van der Waals surface area contributed by atoms with E-state index in [0.717, 1.165) is 11.3 Å². The van der Waals surface area contributed by atoms with Crippen LogP contribution in [-0.2, 0) is 0 Å². The summed E-state index contributed by atoms with van der Waals surface area (Å²) in [5.41, 5.74) is 4.00. The molecule has 0 atom stereocenters. The molecule has 1 aromatic heterocycles. The van der Waals surface area contributed by atoms with E-state index in [4.69, 9.17) is 22.2 Å². The van der Waals surface area contributed by atoms with E-state index in [1.165, 1.54) is 0 Å². The van der Waals surface area contributed by atoms with E-state index in [1.807, 2.05) is 6.07 Å². The highest BCUT2D eigenvalue weighted by molar-refractivity contribution is 6.32. The number of hydrogen-bond acceptors (Lipinski definition) is 5. The fourth-order valence-electron chi connectivity index (χ4n) is 1.41. The molecule has 0 amide bonds. The minimum atomic E-state index is 0.356. The van der Waals surface area contributed by atoms with Gasteiger partial charge in [-0.05, 0) is 24.3 Å². The first-order valence-corrected chi connectivity index (χ1v) is 5.26. The fourth-order valence-corrected chi connectivity index (χ4v) is 1.67. The largest absolute Gasteiger partial charge is 0.495 e. The van der Waals surface area contributed by atoms with Gasteiger partial charge >= 0.3 is 0 Å². The van der Waals surface area contributed by atoms with E-state index < -0.39 is 0 Å². The average Bonchev–Trinajstić information content (AvgIpc) is 2.38. The van der Waals surface area contributed by atoms with Crippen LogP contribution in [0, 0.1) is 0 Å². The molecule has 3 N–H and O–H groups in total. The van der Waals surface area contributed by atoms with Crippen LogP contribution in [0.5, 0.6) is 5.75 Å². The zero-order valence-electron chi connectivity index (χ0n) is 9.14. The number of hydrogen-bond donors (Lipinski definition) is 2. The molecule has 0 saturated carbocycles. The van der Waals surface area contributed by atoms with Crippen molar-refractivity contribution in [2.75, 3.05) is 12.5 Å². The summed E-state index contributed by atoms with van der Waals surface area (Å²) in [6, 6.07) is 7.21. The van der Waals surface area contributed by atoms with E-state index in [9.17, 15) is 0 Å². The molecule has 0 unspecified atom stereocenters. The smallest absolute Gasteiger partial charge is 0.237 e. The molecule has 88 valence electrons. The molecular formula is C11H11ClN4O. The third kappa shape index (κ3) is 2.46. The first-order valence-electron chi connectivity index (χ1n) is 4.88. The zero-order chi connectivity index (χ0) is 12.3. The number of methoxy groups -OCH3 is 1. The second kappa shape index (κ2) is 4.99. The summed E-state index contributed by atoms with van der Waals surface area (Å²) in [6.07, 6.45) is 1.62. The minimum Gasteiger partial charge on any atom is -0.495 e. The van der Waals surface area contributed by atoms with Crippen molar-refractivity contribution in [1.29, 1.82) is 0 Å². The second-order valence-corrected chi connectivity index (χ2v) is 3.67. The topological polar surface area (TPSA) is 73.1 Å². The summed E-state index contributed by atoms with van der Waals surface area (Å²) in [5, 5.41) is 0.533. The molecule has 0 bridgehead atoms. The summed E-state index contributed by atoms with van der Waals surface area (Å²) in [5.74, 6) is 6.23. The van der Waals surface area contributed by atoms with Crippen LogP contribution in [-0.4, -0.2) is 17.1 Å². The van der Waals surface area contributed by atoms with Crippen LogP contribution in [0.2, 0.25) is 5.02 Å². The molecule has 1 aromatic carbocycles. The van der Waals surface area contributed by atoms with Gasteiger partial charge in [-0.2, -0.15) is 0 Å². The van der Waals surface area contributed by atoms with Crippen LogP contribution in [0.25, 0.3) is 11.3 Å². The van der Waals surface area contributed by atoms with Crippen LogP contribution in [0.1, 0.15) is 0 Å². The molecule has 0 fully saturated rings. The lowest BCUT2D eigenvalue weighted by molar-refractivity contribution is 0.415. The van der Waals surface area contributed by atoms with Crippen LogP contribution in [0.4, 0.5) is 5.95 Å². The highest BCUT2D eigenvalue weighted by Crippen LogP contribution is 2.29. The number of anilines is 1. The van der Waals surface area contributed by atoms with Crippen molar-refractivity contribution in [1.82, 2.24) is 9.97 Å². The van der Waals surface area contributed by atoms with Gasteiger partial charge in [-0.15, -0.1) is 0 Å². The summed E-state index contributed by atoms with van der Waals surface area (Å²) >= 11 is 6.04. The third-order valence-electron chi connectivity index (χ3n) is 2.23. The molecule has 2 rings (SSSR count). The summed E-state index contributed by atoms with van der Waals surface area (Å²) in [7, 11) is 1.57. The molecule has 0 aliphatic rings. The number of halogens is 1. The van der Waals surface area contributed by atoms with Gasteiger partial charge in [0.2, 0.25) is 5.95 Å². The van der Waals surface area contributed by atoms with Crippen molar-refractivity contribution in [2.45, 2.75) is 0 Å². The quantitative estimate of drug-likeness (QED) is 0.645. The van der Waals surface area contributed by atoms with Gasteiger partial charge in [-0.1, -0.05) is 11.6 Å². The maximum atomic E-state index is 6.04. The molecule has 0 spiro atoms. The van der Waals surface area contributed by atoms with Crippen molar-refractivity contribution in [2.24, 2.45) is 5.84 Å². The van der Waals surface area contributed by atoms with Crippen LogP contribution in [0.15, 0.2) is 30.5 Å². The molecule has 6 heteroatoms. The zero-order valence-corrected chi connectivity index (χ0v) is 9.90. The minimum absolute atomic E-state index is 0.356. The lowest BCUT2D eigenvalue weighted by atomic mass is 10.1. The lowest BCUT2D eigenvalue weighted by Gasteiger charge is -2.06. The van der Waals surface area contributed by atoms with Crippen LogP contribution < -0.4 is 16.0 Å². The second-order valence-electron chi connectivity index (χ2n) is 3.26. The van der Waals surface area contributed by atoms with Crippen molar-refractivity contribution >= 4 is 17.5 Å². The van der Waals surface area contributed by atoms with Gasteiger partial charge < -0.3 is 4.74 Å². The Morgan fingerprint density at radius 2 is 2.18 bits per heavy atom. The first kappa shape index (κ1) is 11.6. The Morgan fingerprint density at radius 1 is 1.35 bits per heavy atom. The molecule has 0 aliphatic heterocycles. The predicted molar refractivity (Wildman–Crippen MR) is 66.8 cm³/mol. The number of rotatable bonds is 3. The van der Waals surface area contributed by atoms with Gasteiger partial charge in [0.15, 0.2) is 0 Å². The maximum Gasteiger partial charge on any atom is 0.237 e. The Labute approximate surface area is 104 Å². The average molecular weight is 251 g/mol. The van der Waals surface area contributed by atoms with E-state index >= 15 is 0 Å². The van der Waals surface area contributed by atoms with Gasteiger partial charge in [0, 0.05) is 11.8 Å². The summed E-state index contributed by atoms with van der Waals surface area (Å²) in [6.45, 7) is 0. The molecular weight excluding hydrogens is 240 g/mol. The lowest BCUT2D eigenvalue weighted by Crippen LogP contribution is -2.10. The molecule has 2 aromatic rings. The highest BCUT2D eigenvalue weighted by atomic mass is 35.5. The Balaban J connectivity index is 2.42. The normalized spacial score (nSPS) is 10.1. The molecule has 1 heterocycles. The number of benzene rings is 1. The van der Waals surface area contributed by atoms with Crippen molar-refractivity contribution in [3.05, 3.63) is 35.5 Å². The number of nitrogen functional groups attached to an aromatic ring is 1. The van der Waals surface area contributed by atoms with Gasteiger partial charge in [-0.3, -0.25) is 5.43 Å². The van der Waals surface area contributed by atoms with E-state index in [2.05, 4.69) is 15.4 Å². The Hall–Kier alpha value is -1.85. The number of aromatic nitrogens is 2. The van der Waals surface area contributed by atoms with Crippen molar-refractivity contribution in [3.63, 3.8) is 0 Å². The monoisotopic (exact) mass is 250 g/mol. The SMILES string of the molecule is COc1ccc(-c2ccnc(NN)n2)cc1Cl. The number of hydrazine groups is 1. The van der Waals surface area contributed by atoms with Gasteiger partial charge in [-0.25, -0.2) is 15.8 Å². The predicted octanol–water partition coefficient (Wildman–Crippen LogP) is 2.09. The molecule has 0 aliphatic carbocycles. The van der Waals surface area contributed by atoms with Crippen LogP contribution in [0.3, 0.4) is 0 Å². The fraction of sp³-hybridized carbons (Fsp3) is 0.0909. The van der Waals surface area contributed by atoms with Crippen molar-refractivity contribution < 1.29 is 4.74 Å². The number of ether oxygens (including phenoxy) is 1. The molecule has 0 saturated heterocycles. The summed E-state index contributed by atoms with van der Waals surface area (Å²) in [4.78, 5) is 8.15. The third-order valence-corrected chi connectivity index (χ3v) is 2.53. The Morgan fingerprint density at radius 3 is 2.82 bits per heavy atom. The van der Waals surface area contributed by atoms with E-state index in [1.54, 1.807) is 31.5 Å². The van der Waals surface area contributed by atoms with Gasteiger partial charge in [0.05, 0.1) is 17.8 Å². The standard InChI is InChI=1S/C11H11ClN4O/c1-17-10-3-2-7(6-8(10)12)9-4-5-14-11(15-9)16-13/h2-6H,13H2,1H3,(H,14,15,16). The van der Waals surface area contributed by atoms with E-state index in [-0.39, 0.29) is 0 Å².